The van der Waals surface area contributed by atoms with Crippen LogP contribution in [0.5, 0.6) is 0 Å². The van der Waals surface area contributed by atoms with Gasteiger partial charge >= 0.3 is 0 Å². The summed E-state index contributed by atoms with van der Waals surface area (Å²) in [4.78, 5) is 3.27. The van der Waals surface area contributed by atoms with Crippen molar-refractivity contribution in [1.29, 1.82) is 0 Å². The molecule has 86 valence electrons. The first-order valence-corrected chi connectivity index (χ1v) is 5.72. The van der Waals surface area contributed by atoms with Crippen LogP contribution in [0.2, 0.25) is 0 Å². The van der Waals surface area contributed by atoms with Crippen LogP contribution >= 0.6 is 0 Å². The van der Waals surface area contributed by atoms with Crippen molar-refractivity contribution in [3.8, 4) is 0 Å². The van der Waals surface area contributed by atoms with Crippen molar-refractivity contribution in [2.45, 2.75) is 26.2 Å². The van der Waals surface area contributed by atoms with E-state index in [9.17, 15) is 0 Å². The Kier molecular flexibility index (Phi) is 4.85. The van der Waals surface area contributed by atoms with Crippen LogP contribution in [-0.4, -0.2) is 31.2 Å². The number of rotatable bonds is 7. The third kappa shape index (κ3) is 4.06. The normalized spacial score (nSPS) is 11.9. The van der Waals surface area contributed by atoms with Crippen molar-refractivity contribution in [3.05, 3.63) is 24.0 Å². The fraction of sp³-hybridized carbons (Fsp3) is 0.667. The zero-order chi connectivity index (χ0) is 11.1. The molecule has 0 amide bonds. The van der Waals surface area contributed by atoms with Crippen molar-refractivity contribution in [2.75, 3.05) is 26.2 Å². The Morgan fingerprint density at radius 2 is 2.00 bits per heavy atom. The highest BCUT2D eigenvalue weighted by molar-refractivity contribution is 5.15. The lowest BCUT2D eigenvalue weighted by Crippen LogP contribution is -2.36. The standard InChI is InChI=1S/C12H23N3/c1-4-13-8-9-14-10-12(2,3)11-6-5-7-15-11/h5-7,13-15H,4,8-10H2,1-3H3. The SMILES string of the molecule is CCNCCNCC(C)(C)c1ccc[nH]1. The van der Waals surface area contributed by atoms with Gasteiger partial charge in [0.15, 0.2) is 0 Å². The first kappa shape index (κ1) is 12.3. The molecule has 0 fully saturated rings. The lowest BCUT2D eigenvalue weighted by atomic mass is 9.89. The fourth-order valence-corrected chi connectivity index (χ4v) is 1.60. The lowest BCUT2D eigenvalue weighted by molar-refractivity contribution is 0.457. The molecule has 1 rings (SSSR count). The molecule has 0 bridgehead atoms. The Morgan fingerprint density at radius 3 is 2.60 bits per heavy atom. The summed E-state index contributed by atoms with van der Waals surface area (Å²) < 4.78 is 0. The number of aromatic amines is 1. The van der Waals surface area contributed by atoms with E-state index in [0.29, 0.717) is 0 Å². The maximum atomic E-state index is 3.47. The maximum absolute atomic E-state index is 3.47. The average molecular weight is 209 g/mol. The molecule has 15 heavy (non-hydrogen) atoms. The van der Waals surface area contributed by atoms with E-state index in [2.05, 4.69) is 48.5 Å². The molecule has 1 aromatic rings. The van der Waals surface area contributed by atoms with Gasteiger partial charge in [-0.15, -0.1) is 0 Å². The van der Waals surface area contributed by atoms with Gasteiger partial charge in [-0.1, -0.05) is 20.8 Å². The van der Waals surface area contributed by atoms with E-state index in [1.807, 2.05) is 6.20 Å². The van der Waals surface area contributed by atoms with Crippen LogP contribution < -0.4 is 10.6 Å². The van der Waals surface area contributed by atoms with E-state index in [0.717, 1.165) is 26.2 Å². The Labute approximate surface area is 92.7 Å². The van der Waals surface area contributed by atoms with Crippen LogP contribution in [-0.2, 0) is 5.41 Å². The smallest absolute Gasteiger partial charge is 0.0217 e. The molecule has 0 unspecified atom stereocenters. The zero-order valence-corrected chi connectivity index (χ0v) is 10.1. The third-order valence-electron chi connectivity index (χ3n) is 2.62. The van der Waals surface area contributed by atoms with Crippen LogP contribution in [0, 0.1) is 0 Å². The lowest BCUT2D eigenvalue weighted by Gasteiger charge is -2.24. The van der Waals surface area contributed by atoms with Gasteiger partial charge in [-0.25, -0.2) is 0 Å². The molecule has 0 radical (unpaired) electrons. The second kappa shape index (κ2) is 5.93. The molecule has 1 heterocycles. The Morgan fingerprint density at radius 1 is 1.27 bits per heavy atom. The molecule has 3 heteroatoms. The largest absolute Gasteiger partial charge is 0.365 e. The molecule has 0 aliphatic heterocycles. The summed E-state index contributed by atoms with van der Waals surface area (Å²) in [5, 5.41) is 6.77. The number of aromatic nitrogens is 1. The molecule has 0 atom stereocenters. The average Bonchev–Trinajstić information content (AvgIpc) is 2.70. The quantitative estimate of drug-likeness (QED) is 0.595. The second-order valence-corrected chi connectivity index (χ2v) is 4.50. The molecule has 1 aromatic heterocycles. The van der Waals surface area contributed by atoms with E-state index >= 15 is 0 Å². The highest BCUT2D eigenvalue weighted by Crippen LogP contribution is 2.19. The molecule has 3 nitrogen and oxygen atoms in total. The van der Waals surface area contributed by atoms with Crippen molar-refractivity contribution < 1.29 is 0 Å². The summed E-state index contributed by atoms with van der Waals surface area (Å²) in [5.74, 6) is 0. The second-order valence-electron chi connectivity index (χ2n) is 4.50. The highest BCUT2D eigenvalue weighted by atomic mass is 14.9. The summed E-state index contributed by atoms with van der Waals surface area (Å²) in [7, 11) is 0. The van der Waals surface area contributed by atoms with E-state index in [-0.39, 0.29) is 5.41 Å². The molecule has 0 aliphatic carbocycles. The third-order valence-corrected chi connectivity index (χ3v) is 2.62. The maximum Gasteiger partial charge on any atom is 0.0217 e. The van der Waals surface area contributed by atoms with Crippen LogP contribution in [0.15, 0.2) is 18.3 Å². The summed E-state index contributed by atoms with van der Waals surface area (Å²) in [6.07, 6.45) is 1.98. The summed E-state index contributed by atoms with van der Waals surface area (Å²) in [6, 6.07) is 4.20. The van der Waals surface area contributed by atoms with Gasteiger partial charge in [-0.2, -0.15) is 0 Å². The zero-order valence-electron chi connectivity index (χ0n) is 10.1. The van der Waals surface area contributed by atoms with Gasteiger partial charge in [-0.3, -0.25) is 0 Å². The van der Waals surface area contributed by atoms with Gasteiger partial charge in [0.2, 0.25) is 0 Å². The van der Waals surface area contributed by atoms with Crippen molar-refractivity contribution in [3.63, 3.8) is 0 Å². The number of hydrogen-bond donors (Lipinski definition) is 3. The minimum absolute atomic E-state index is 0.176. The fourth-order valence-electron chi connectivity index (χ4n) is 1.60. The van der Waals surface area contributed by atoms with Crippen LogP contribution in [0.25, 0.3) is 0 Å². The van der Waals surface area contributed by atoms with Gasteiger partial charge in [0.1, 0.15) is 0 Å². The van der Waals surface area contributed by atoms with Crippen molar-refractivity contribution in [1.82, 2.24) is 15.6 Å². The van der Waals surface area contributed by atoms with Crippen molar-refractivity contribution in [2.24, 2.45) is 0 Å². The van der Waals surface area contributed by atoms with Gasteiger partial charge in [0.25, 0.3) is 0 Å². The predicted octanol–water partition coefficient (Wildman–Crippen LogP) is 1.49. The van der Waals surface area contributed by atoms with E-state index < -0.39 is 0 Å². The Hall–Kier alpha value is -0.800. The monoisotopic (exact) mass is 209 g/mol. The number of nitrogens with one attached hydrogen (secondary N) is 3. The Balaban J connectivity index is 2.25. The molecular formula is C12H23N3. The van der Waals surface area contributed by atoms with Gasteiger partial charge in [0, 0.05) is 36.9 Å². The predicted molar refractivity (Wildman–Crippen MR) is 65.2 cm³/mol. The molecule has 0 aliphatic rings. The topological polar surface area (TPSA) is 39.8 Å². The molecule has 3 N–H and O–H groups in total. The van der Waals surface area contributed by atoms with Crippen LogP contribution in [0.3, 0.4) is 0 Å². The van der Waals surface area contributed by atoms with Crippen molar-refractivity contribution >= 4 is 0 Å². The van der Waals surface area contributed by atoms with Crippen LogP contribution in [0.1, 0.15) is 26.5 Å². The first-order chi connectivity index (χ1) is 7.17. The first-order valence-electron chi connectivity index (χ1n) is 5.72. The summed E-state index contributed by atoms with van der Waals surface area (Å²) in [6.45, 7) is 10.7. The minimum Gasteiger partial charge on any atom is -0.365 e. The van der Waals surface area contributed by atoms with E-state index in [4.69, 9.17) is 0 Å². The van der Waals surface area contributed by atoms with E-state index in [1.165, 1.54) is 5.69 Å². The number of hydrogen-bond acceptors (Lipinski definition) is 2. The van der Waals surface area contributed by atoms with Crippen LogP contribution in [0.4, 0.5) is 0 Å². The molecule has 0 aromatic carbocycles. The van der Waals surface area contributed by atoms with Gasteiger partial charge in [-0.05, 0) is 18.7 Å². The minimum atomic E-state index is 0.176. The Bertz CT molecular complexity index is 252. The summed E-state index contributed by atoms with van der Waals surface area (Å²) >= 11 is 0. The molecule has 0 saturated heterocycles. The van der Waals surface area contributed by atoms with E-state index in [1.54, 1.807) is 0 Å². The number of likely N-dealkylation sites (N-methyl/N-ethyl adjacent to an activating group) is 1. The number of H-pyrrole nitrogens is 1. The van der Waals surface area contributed by atoms with Gasteiger partial charge in [0.05, 0.1) is 0 Å². The summed E-state index contributed by atoms with van der Waals surface area (Å²) in [5.41, 5.74) is 1.47. The molecule has 0 saturated carbocycles. The molecule has 0 spiro atoms. The highest BCUT2D eigenvalue weighted by Gasteiger charge is 2.20. The van der Waals surface area contributed by atoms with Gasteiger partial charge < -0.3 is 15.6 Å². The molecular weight excluding hydrogens is 186 g/mol.